The van der Waals surface area contributed by atoms with Gasteiger partial charge in [0.2, 0.25) is 65.0 Å². The second-order valence-electron chi connectivity index (χ2n) is 26.0. The van der Waals surface area contributed by atoms with E-state index in [2.05, 4.69) is 63.5 Å². The molecule has 0 unspecified atom stereocenters. The van der Waals surface area contributed by atoms with E-state index in [0.717, 1.165) is 0 Å². The highest BCUT2D eigenvalue weighted by Crippen LogP contribution is 2.14. The number of nitrogens with one attached hydrogen (secondary N) is 11. The van der Waals surface area contributed by atoms with Crippen molar-refractivity contribution in [2.45, 2.75) is 210 Å². The highest BCUT2D eigenvalue weighted by Gasteiger charge is 2.37. The summed E-state index contributed by atoms with van der Waals surface area (Å²) >= 11 is 0. The molecule has 36 nitrogen and oxygen atoms in total. The number of aliphatic imine (C=N–C) groups is 1. The number of carbonyl (C=O) groups is 14. The second kappa shape index (κ2) is 49.7. The summed E-state index contributed by atoms with van der Waals surface area (Å²) in [5, 5.41) is 67.1. The maximum Gasteiger partial charge on any atom is 0.326 e. The second-order valence-corrected chi connectivity index (χ2v) is 26.0. The standard InChI is InChI=1S/C68H110N18O18/c1-39(2)32-43(72)57(93)83-49(33-40(3)4)58(94)76-37-54(88)77-52(36-56(91)92)65(101)85-51(35-42-20-9-6-10-21-42)64(100)84-50(34-41-18-7-5-8-19-41)63(99)79-46(25-17-31-75-68(73)74)60(96)78-45(23-12-15-29-70)61(97)86-53(38-87)66(102)80-44(22-11-14-28-69)59(95)81-47(26-27-55(89)90)62(98)82-48(67(103)104)24-13-16-30-71/h5-10,18-21,39-40,43-53,87H,11-17,22-38,69-72H2,1-4H3,(H,76,94)(H,77,88)(H,78,96)(H,79,99)(H,80,102)(H,81,95)(H,82,98)(H,83,93)(H,84,100)(H,85,101)(H,86,97)(H,89,90)(H,91,92)(H,103,104)(H4,73,74,75)/t43-,44-,45-,46-,47-,48-,49-,50-,51-,52-,53-/m0/s1. The molecule has 2 aromatic rings. The molecule has 11 atom stereocenters. The Bertz CT molecular complexity index is 3130. The lowest BCUT2D eigenvalue weighted by molar-refractivity contribution is -0.143. The van der Waals surface area contributed by atoms with Gasteiger partial charge in [-0.25, -0.2) is 4.79 Å². The van der Waals surface area contributed by atoms with E-state index in [1.54, 1.807) is 74.5 Å². The minimum absolute atomic E-state index is 0.0159. The van der Waals surface area contributed by atoms with Crippen molar-refractivity contribution in [3.63, 3.8) is 0 Å². The smallest absolute Gasteiger partial charge is 0.326 e. The molecule has 0 bridgehead atoms. The first-order chi connectivity index (χ1) is 49.3. The number of benzene rings is 2. The summed E-state index contributed by atoms with van der Waals surface area (Å²) in [6.45, 7) is 5.94. The summed E-state index contributed by atoms with van der Waals surface area (Å²) in [4.78, 5) is 194. The lowest BCUT2D eigenvalue weighted by Crippen LogP contribution is -2.61. The molecule has 2 aromatic carbocycles. The number of hydrogen-bond acceptors (Lipinski definition) is 20. The van der Waals surface area contributed by atoms with Crippen molar-refractivity contribution in [3.8, 4) is 0 Å². The quantitative estimate of drug-likeness (QED) is 0.0169. The number of aliphatic hydroxyl groups is 1. The van der Waals surface area contributed by atoms with E-state index in [1.165, 1.54) is 0 Å². The van der Waals surface area contributed by atoms with Crippen LogP contribution in [-0.2, 0) is 80.0 Å². The Labute approximate surface area is 604 Å². The molecule has 11 amide bonds. The number of carboxylic acid groups (broad SMARTS) is 3. The van der Waals surface area contributed by atoms with Crippen LogP contribution in [0.4, 0.5) is 0 Å². The zero-order valence-corrected chi connectivity index (χ0v) is 59.7. The van der Waals surface area contributed by atoms with Gasteiger partial charge in [0, 0.05) is 25.8 Å². The molecule has 0 saturated carbocycles. The van der Waals surface area contributed by atoms with Gasteiger partial charge < -0.3 is 113 Å². The van der Waals surface area contributed by atoms with Crippen LogP contribution in [0.25, 0.3) is 0 Å². The van der Waals surface area contributed by atoms with Gasteiger partial charge in [-0.1, -0.05) is 88.4 Å². The fourth-order valence-corrected chi connectivity index (χ4v) is 10.6. The van der Waals surface area contributed by atoms with E-state index in [9.17, 15) is 87.5 Å². The molecule has 0 aliphatic heterocycles. The number of amides is 11. The van der Waals surface area contributed by atoms with Crippen molar-refractivity contribution in [1.82, 2.24) is 58.5 Å². The number of nitrogens with two attached hydrogens (primary N) is 6. The number of nitrogens with zero attached hydrogens (tertiary/aromatic N) is 1. The zero-order chi connectivity index (χ0) is 77.8. The van der Waals surface area contributed by atoms with Gasteiger partial charge in [-0.15, -0.1) is 0 Å². The number of carboxylic acids is 3. The number of hydrogen-bond donors (Lipinski definition) is 21. The van der Waals surface area contributed by atoms with Gasteiger partial charge in [-0.3, -0.25) is 67.3 Å². The highest BCUT2D eigenvalue weighted by atomic mass is 16.4. The Hall–Kier alpha value is -9.91. The van der Waals surface area contributed by atoms with E-state index >= 15 is 0 Å². The molecule has 0 aliphatic carbocycles. The number of guanidine groups is 1. The van der Waals surface area contributed by atoms with Crippen molar-refractivity contribution in [2.24, 2.45) is 51.2 Å². The Morgan fingerprint density at radius 1 is 0.404 bits per heavy atom. The molecular formula is C68H110N18O18. The fraction of sp³-hybridized carbons (Fsp3) is 0.603. The average Bonchev–Trinajstić information content (AvgIpc) is 0.861. The van der Waals surface area contributed by atoms with Crippen LogP contribution in [0.2, 0.25) is 0 Å². The first-order valence-corrected chi connectivity index (χ1v) is 34.9. The van der Waals surface area contributed by atoms with Gasteiger partial charge in [0.1, 0.15) is 60.4 Å². The molecule has 0 aliphatic rings. The maximum absolute atomic E-state index is 14.9. The van der Waals surface area contributed by atoms with Crippen LogP contribution in [0, 0.1) is 11.8 Å². The molecule has 104 heavy (non-hydrogen) atoms. The molecule has 0 spiro atoms. The molecular weight excluding hydrogens is 1360 g/mol. The minimum atomic E-state index is -1.86. The molecule has 0 heterocycles. The van der Waals surface area contributed by atoms with Crippen molar-refractivity contribution < 1.29 is 87.5 Å². The van der Waals surface area contributed by atoms with Crippen LogP contribution in [0.3, 0.4) is 0 Å². The fourth-order valence-electron chi connectivity index (χ4n) is 10.6. The molecule has 2 rings (SSSR count). The molecule has 0 saturated heterocycles. The van der Waals surface area contributed by atoms with Gasteiger partial charge in [-0.05, 0) is 132 Å². The molecule has 0 aromatic heterocycles. The first kappa shape index (κ1) is 90.2. The Morgan fingerprint density at radius 2 is 0.769 bits per heavy atom. The van der Waals surface area contributed by atoms with E-state index in [4.69, 9.17) is 34.4 Å². The predicted octanol–water partition coefficient (Wildman–Crippen LogP) is -4.29. The minimum Gasteiger partial charge on any atom is -0.481 e. The first-order valence-electron chi connectivity index (χ1n) is 34.9. The molecule has 36 heteroatoms. The summed E-state index contributed by atoms with van der Waals surface area (Å²) < 4.78 is 0. The number of rotatable bonds is 53. The van der Waals surface area contributed by atoms with Gasteiger partial charge >= 0.3 is 17.9 Å². The molecule has 0 fully saturated rings. The van der Waals surface area contributed by atoms with E-state index < -0.39 is 182 Å². The highest BCUT2D eigenvalue weighted by molar-refractivity contribution is 6.00. The van der Waals surface area contributed by atoms with Crippen LogP contribution < -0.4 is 92.9 Å². The van der Waals surface area contributed by atoms with Crippen LogP contribution in [0.15, 0.2) is 65.7 Å². The van der Waals surface area contributed by atoms with Crippen molar-refractivity contribution in [3.05, 3.63) is 71.8 Å². The predicted molar refractivity (Wildman–Crippen MR) is 382 cm³/mol. The third-order valence-electron chi connectivity index (χ3n) is 16.1. The summed E-state index contributed by atoms with van der Waals surface area (Å²) in [7, 11) is 0. The zero-order valence-electron chi connectivity index (χ0n) is 59.7. The van der Waals surface area contributed by atoms with E-state index in [1.807, 2.05) is 13.8 Å². The summed E-state index contributed by atoms with van der Waals surface area (Å²) in [5.41, 5.74) is 35.3. The summed E-state index contributed by atoms with van der Waals surface area (Å²) in [6.07, 6.45) is -0.944. The third kappa shape index (κ3) is 36.8. The monoisotopic (exact) mass is 1470 g/mol. The largest absolute Gasteiger partial charge is 0.481 e. The van der Waals surface area contributed by atoms with Gasteiger partial charge in [0.15, 0.2) is 5.96 Å². The van der Waals surface area contributed by atoms with E-state index in [0.29, 0.717) is 43.2 Å². The molecule has 580 valence electrons. The van der Waals surface area contributed by atoms with Gasteiger partial charge in [0.05, 0.1) is 25.6 Å². The Morgan fingerprint density at radius 3 is 1.16 bits per heavy atom. The summed E-state index contributed by atoms with van der Waals surface area (Å²) in [6, 6.07) is -0.133. The van der Waals surface area contributed by atoms with Gasteiger partial charge in [-0.2, -0.15) is 0 Å². The lowest BCUT2D eigenvalue weighted by Gasteiger charge is -2.28. The van der Waals surface area contributed by atoms with E-state index in [-0.39, 0.29) is 108 Å². The lowest BCUT2D eigenvalue weighted by atomic mass is 10.0. The number of aliphatic hydroxyl groups excluding tert-OH is 1. The third-order valence-corrected chi connectivity index (χ3v) is 16.1. The Balaban J connectivity index is 2.58. The van der Waals surface area contributed by atoms with Crippen LogP contribution in [0.5, 0.6) is 0 Å². The maximum atomic E-state index is 14.9. The van der Waals surface area contributed by atoms with Crippen molar-refractivity contribution in [2.75, 3.05) is 39.3 Å². The van der Waals surface area contributed by atoms with Crippen molar-refractivity contribution >= 4 is 88.8 Å². The number of unbranched alkanes of at least 4 members (excludes halogenated alkanes) is 3. The van der Waals surface area contributed by atoms with Crippen molar-refractivity contribution in [1.29, 1.82) is 0 Å². The average molecular weight is 1470 g/mol. The van der Waals surface area contributed by atoms with Crippen LogP contribution in [-0.4, -0.2) is 215 Å². The molecule has 0 radical (unpaired) electrons. The SMILES string of the molecule is CC(C)C[C@H](NC(=O)[C@@H](N)CC(C)C)C(=O)NCC(=O)N[C@@H](CC(=O)O)C(=O)N[C@@H](Cc1ccccc1)C(=O)N[C@@H](Cc1ccccc1)C(=O)N[C@@H](CCCN=C(N)N)C(=O)N[C@@H](CCCCN)C(=O)N[C@@H](CO)C(=O)N[C@@H](CCCCN)C(=O)N[C@@H](CCC(=O)O)C(=O)N[C@@H](CCCCN)C(=O)O. The van der Waals surface area contributed by atoms with Crippen LogP contribution in [0.1, 0.15) is 142 Å². The normalized spacial score (nSPS) is 14.3. The Kier molecular flexibility index (Phi) is 43.1. The molecule has 27 N–H and O–H groups in total. The van der Waals surface area contributed by atoms with Gasteiger partial charge in [0.25, 0.3) is 0 Å². The summed E-state index contributed by atoms with van der Waals surface area (Å²) in [5.74, 6) is -15.4. The number of carbonyl (C=O) groups excluding carboxylic acids is 11. The topological polar surface area (TPSA) is 621 Å². The number of aliphatic carboxylic acids is 3. The van der Waals surface area contributed by atoms with Crippen LogP contribution >= 0.6 is 0 Å².